The van der Waals surface area contributed by atoms with Crippen molar-refractivity contribution >= 4 is 29.9 Å². The summed E-state index contributed by atoms with van der Waals surface area (Å²) in [7, 11) is 1.45. The Labute approximate surface area is 248 Å². The van der Waals surface area contributed by atoms with Crippen LogP contribution in [-0.4, -0.2) is 88.3 Å². The van der Waals surface area contributed by atoms with E-state index < -0.39 is 59.8 Å². The summed E-state index contributed by atoms with van der Waals surface area (Å²) in [6.07, 6.45) is -2.62. The van der Waals surface area contributed by atoms with Crippen LogP contribution in [-0.2, 0) is 39.8 Å². The lowest BCUT2D eigenvalue weighted by Gasteiger charge is -2.31. The highest BCUT2D eigenvalue weighted by Gasteiger charge is 2.44. The molecule has 1 aromatic carbocycles. The van der Waals surface area contributed by atoms with E-state index in [4.69, 9.17) is 14.2 Å². The Kier molecular flexibility index (Phi) is 12.4. The number of benzene rings is 1. The molecule has 1 N–H and O–H groups in total. The summed E-state index contributed by atoms with van der Waals surface area (Å²) in [5.74, 6) is -3.41. The van der Waals surface area contributed by atoms with Crippen molar-refractivity contribution in [1.82, 2.24) is 9.80 Å². The molecule has 4 atom stereocenters. The molecule has 0 saturated carbocycles. The van der Waals surface area contributed by atoms with Crippen LogP contribution in [0.5, 0.6) is 0 Å². The van der Waals surface area contributed by atoms with Crippen LogP contribution < -0.4 is 0 Å². The van der Waals surface area contributed by atoms with E-state index in [2.05, 4.69) is 0 Å². The molecule has 0 radical (unpaired) electrons. The number of aliphatic carboxylic acids is 1. The first-order valence-electron chi connectivity index (χ1n) is 14.4. The number of amides is 2. The number of rotatable bonds is 13. The lowest BCUT2D eigenvalue weighted by molar-refractivity contribution is -0.170. The molecule has 1 aromatic rings. The van der Waals surface area contributed by atoms with Crippen LogP contribution in [0.2, 0.25) is 0 Å². The topological polar surface area (TPSA) is 140 Å². The van der Waals surface area contributed by atoms with E-state index in [1.54, 1.807) is 51.1 Å². The second-order valence-corrected chi connectivity index (χ2v) is 12.6. The van der Waals surface area contributed by atoms with Gasteiger partial charge in [-0.2, -0.15) is 0 Å². The first-order chi connectivity index (χ1) is 19.5. The molecule has 1 heterocycles. The minimum absolute atomic E-state index is 0.0209. The molecule has 2 rings (SSSR count). The van der Waals surface area contributed by atoms with Gasteiger partial charge in [-0.05, 0) is 51.0 Å². The van der Waals surface area contributed by atoms with Crippen molar-refractivity contribution in [2.45, 2.75) is 104 Å². The van der Waals surface area contributed by atoms with Crippen LogP contribution in [0, 0.1) is 11.8 Å². The Hall–Kier alpha value is -3.63. The molecule has 11 nitrogen and oxygen atoms in total. The van der Waals surface area contributed by atoms with Crippen LogP contribution in [0.4, 0.5) is 4.79 Å². The third-order valence-corrected chi connectivity index (χ3v) is 6.71. The number of nitrogens with zero attached hydrogens (tertiary/aromatic N) is 2. The van der Waals surface area contributed by atoms with Gasteiger partial charge in [0.05, 0.1) is 0 Å². The molecule has 42 heavy (non-hydrogen) atoms. The molecule has 0 unspecified atom stereocenters. The van der Waals surface area contributed by atoms with Crippen molar-refractivity contribution in [1.29, 1.82) is 0 Å². The van der Waals surface area contributed by atoms with E-state index in [0.717, 1.165) is 0 Å². The van der Waals surface area contributed by atoms with E-state index in [0.29, 0.717) is 12.0 Å². The number of hydrogen-bond donors (Lipinski definition) is 1. The van der Waals surface area contributed by atoms with Crippen LogP contribution in [0.1, 0.15) is 73.3 Å². The van der Waals surface area contributed by atoms with Gasteiger partial charge < -0.3 is 24.2 Å². The summed E-state index contributed by atoms with van der Waals surface area (Å²) < 4.78 is 16.5. The lowest BCUT2D eigenvalue weighted by atomic mass is 10.0. The van der Waals surface area contributed by atoms with Crippen LogP contribution in [0.15, 0.2) is 30.3 Å². The van der Waals surface area contributed by atoms with E-state index >= 15 is 0 Å². The number of esters is 2. The zero-order valence-corrected chi connectivity index (χ0v) is 26.0. The van der Waals surface area contributed by atoms with Crippen molar-refractivity contribution in [3.05, 3.63) is 35.9 Å². The van der Waals surface area contributed by atoms with E-state index in [-0.39, 0.29) is 37.6 Å². The van der Waals surface area contributed by atoms with Crippen molar-refractivity contribution in [3.8, 4) is 0 Å². The molecular weight excluding hydrogens is 544 g/mol. The van der Waals surface area contributed by atoms with Gasteiger partial charge in [-0.25, -0.2) is 19.2 Å². The Bertz CT molecular complexity index is 1100. The van der Waals surface area contributed by atoms with Gasteiger partial charge in [-0.15, -0.1) is 0 Å². The minimum Gasteiger partial charge on any atom is -0.478 e. The summed E-state index contributed by atoms with van der Waals surface area (Å²) in [5, 5.41) is 9.71. The fourth-order valence-corrected chi connectivity index (χ4v) is 4.66. The number of carbonyl (C=O) groups excluding carboxylic acids is 4. The number of hydrogen-bond acceptors (Lipinski definition) is 8. The zero-order chi connectivity index (χ0) is 31.8. The van der Waals surface area contributed by atoms with Gasteiger partial charge in [-0.3, -0.25) is 9.69 Å². The largest absolute Gasteiger partial charge is 0.478 e. The standard InChI is InChI=1S/C31H46N2O9/c1-19(2)16-22(32(8)30(39)42-31(5,6)7)28(37)40-24-14-15-33(26(24)34)23(17-20(3)4)29(38)41-25(27(35)36)18-21-12-10-9-11-13-21/h9-13,19-20,22-25H,14-18H2,1-8H3,(H,35,36)/t22-,23-,24+,25+/m0/s1. The molecule has 0 aromatic heterocycles. The highest BCUT2D eigenvalue weighted by atomic mass is 16.6. The smallest absolute Gasteiger partial charge is 0.410 e. The molecule has 11 heteroatoms. The van der Waals surface area contributed by atoms with Crippen LogP contribution >= 0.6 is 0 Å². The van der Waals surface area contributed by atoms with Gasteiger partial charge in [0.1, 0.15) is 17.7 Å². The number of ether oxygens (including phenoxy) is 3. The molecule has 1 saturated heterocycles. The fraction of sp³-hybridized carbons (Fsp3) is 0.645. The van der Waals surface area contributed by atoms with Crippen molar-refractivity contribution < 1.29 is 43.3 Å². The number of likely N-dealkylation sites (tertiary alicyclic amines) is 1. The maximum absolute atomic E-state index is 13.4. The van der Waals surface area contributed by atoms with E-state index in [9.17, 15) is 29.1 Å². The van der Waals surface area contributed by atoms with Crippen LogP contribution in [0.3, 0.4) is 0 Å². The van der Waals surface area contributed by atoms with Crippen molar-refractivity contribution in [2.75, 3.05) is 13.6 Å². The fourth-order valence-electron chi connectivity index (χ4n) is 4.66. The number of likely N-dealkylation sites (N-methyl/N-ethyl adjacent to an activating group) is 1. The quantitative estimate of drug-likeness (QED) is 0.266. The molecule has 0 bridgehead atoms. The molecule has 2 amide bonds. The summed E-state index contributed by atoms with van der Waals surface area (Å²) >= 11 is 0. The molecule has 1 aliphatic rings. The summed E-state index contributed by atoms with van der Waals surface area (Å²) in [5.41, 5.74) is -0.0741. The third-order valence-electron chi connectivity index (χ3n) is 6.71. The molecule has 0 aliphatic carbocycles. The Morgan fingerprint density at radius 3 is 2.12 bits per heavy atom. The molecule has 1 aliphatic heterocycles. The van der Waals surface area contributed by atoms with Crippen molar-refractivity contribution in [2.24, 2.45) is 11.8 Å². The van der Waals surface area contributed by atoms with E-state index in [1.165, 1.54) is 16.8 Å². The Morgan fingerprint density at radius 1 is 1.00 bits per heavy atom. The Balaban J connectivity index is 2.18. The first-order valence-corrected chi connectivity index (χ1v) is 14.4. The van der Waals surface area contributed by atoms with Crippen LogP contribution in [0.25, 0.3) is 0 Å². The third kappa shape index (κ3) is 10.3. The zero-order valence-electron chi connectivity index (χ0n) is 26.0. The highest BCUT2D eigenvalue weighted by molar-refractivity contribution is 5.91. The first kappa shape index (κ1) is 34.6. The average Bonchev–Trinajstić information content (AvgIpc) is 3.23. The summed E-state index contributed by atoms with van der Waals surface area (Å²) in [4.78, 5) is 67.1. The van der Waals surface area contributed by atoms with Gasteiger partial charge >= 0.3 is 24.0 Å². The van der Waals surface area contributed by atoms with Gasteiger partial charge in [0, 0.05) is 26.4 Å². The van der Waals surface area contributed by atoms with E-state index in [1.807, 2.05) is 27.7 Å². The number of carboxylic acid groups (broad SMARTS) is 1. The average molecular weight is 591 g/mol. The van der Waals surface area contributed by atoms with Gasteiger partial charge in [-0.1, -0.05) is 58.0 Å². The lowest BCUT2D eigenvalue weighted by Crippen LogP contribution is -2.49. The maximum Gasteiger partial charge on any atom is 0.410 e. The molecule has 0 spiro atoms. The number of carbonyl (C=O) groups is 5. The summed E-state index contributed by atoms with van der Waals surface area (Å²) in [6, 6.07) is 6.78. The Morgan fingerprint density at radius 2 is 1.60 bits per heavy atom. The summed E-state index contributed by atoms with van der Waals surface area (Å²) in [6.45, 7) is 12.8. The predicted molar refractivity (Wildman–Crippen MR) is 154 cm³/mol. The molecular formula is C31H46N2O9. The monoisotopic (exact) mass is 590 g/mol. The molecule has 234 valence electrons. The molecule has 1 fully saturated rings. The van der Waals surface area contributed by atoms with Gasteiger partial charge in [0.25, 0.3) is 5.91 Å². The normalized spacial score (nSPS) is 17.5. The van der Waals surface area contributed by atoms with Crippen molar-refractivity contribution in [3.63, 3.8) is 0 Å². The second kappa shape index (κ2) is 15.0. The highest BCUT2D eigenvalue weighted by Crippen LogP contribution is 2.25. The van der Waals surface area contributed by atoms with Gasteiger partial charge in [0.2, 0.25) is 6.10 Å². The number of carboxylic acids is 1. The minimum atomic E-state index is -1.43. The second-order valence-electron chi connectivity index (χ2n) is 12.6. The predicted octanol–water partition coefficient (Wildman–Crippen LogP) is 4.07. The maximum atomic E-state index is 13.4. The van der Waals surface area contributed by atoms with Gasteiger partial charge in [0.15, 0.2) is 6.10 Å². The SMILES string of the molecule is CC(C)C[C@@H](C(=O)O[C@@H]1CCN([C@@H](CC(C)C)C(=O)O[C@H](Cc2ccccc2)C(=O)O)C1=O)N(C)C(=O)OC(C)(C)C.